The molecule has 0 unspecified atom stereocenters. The lowest BCUT2D eigenvalue weighted by Gasteiger charge is -2.16. The van der Waals surface area contributed by atoms with E-state index in [2.05, 4.69) is 10.3 Å². The van der Waals surface area contributed by atoms with Crippen LogP contribution in [0.1, 0.15) is 22.5 Å². The molecule has 4 rings (SSSR count). The lowest BCUT2D eigenvalue weighted by Crippen LogP contribution is -2.22. The zero-order valence-corrected chi connectivity index (χ0v) is 18.4. The Bertz CT molecular complexity index is 1200. The van der Waals surface area contributed by atoms with Gasteiger partial charge in [0, 0.05) is 13.2 Å². The van der Waals surface area contributed by atoms with Gasteiger partial charge in [0.2, 0.25) is 12.4 Å². The number of amides is 2. The Hall–Kier alpha value is -4.17. The Labute approximate surface area is 191 Å². The van der Waals surface area contributed by atoms with Gasteiger partial charge in [-0.3, -0.25) is 19.5 Å². The number of imidazole rings is 1. The molecule has 0 radical (unpaired) electrons. The summed E-state index contributed by atoms with van der Waals surface area (Å²) in [7, 11) is 3.29. The first kappa shape index (κ1) is 22.0. The van der Waals surface area contributed by atoms with Crippen LogP contribution in [0.15, 0.2) is 60.8 Å². The third-order valence-corrected chi connectivity index (χ3v) is 5.20. The maximum absolute atomic E-state index is 13.3. The molecule has 1 aliphatic heterocycles. The number of anilines is 1. The maximum atomic E-state index is 13.3. The Kier molecular flexibility index (Phi) is 6.66. The van der Waals surface area contributed by atoms with Gasteiger partial charge >= 0.3 is 0 Å². The van der Waals surface area contributed by atoms with Crippen LogP contribution in [0.5, 0.6) is 5.75 Å². The number of fused-ring (bicyclic) bond motifs is 1. The topological polar surface area (TPSA) is 85.7 Å². The first-order chi connectivity index (χ1) is 16.1. The number of nitrogens with zero attached hydrogens (tertiary/aromatic N) is 3. The number of nitrogens with one attached hydrogen (secondary N) is 1. The smallest absolute Gasteiger partial charge is 0.259 e. The summed E-state index contributed by atoms with van der Waals surface area (Å²) in [6.07, 6.45) is 5.75. The predicted molar refractivity (Wildman–Crippen MR) is 126 cm³/mol. The number of hydrogen-bond donors (Lipinski definition) is 1. The standard InChI is InChI=1S/C25H24N4O4/c1-28-13-12-22-23(21(24(28)31)14-18-8-10-20(32-2)11-9-18)29(25(27-22)26-16-30)17-33-15-19-6-4-3-5-7-19/h3-14,16H,15,17H2,1-2H3,(H,26,27,30)/b21-14+. The van der Waals surface area contributed by atoms with Crippen LogP contribution in [0.25, 0.3) is 17.7 Å². The average molecular weight is 444 g/mol. The van der Waals surface area contributed by atoms with E-state index in [4.69, 9.17) is 9.47 Å². The molecule has 1 N–H and O–H groups in total. The summed E-state index contributed by atoms with van der Waals surface area (Å²) in [6, 6.07) is 17.2. The molecular weight excluding hydrogens is 420 g/mol. The SMILES string of the molecule is COc1ccc(/C=C2/C(=O)N(C)C=Cc3nc(NC=O)n(COCc4ccccc4)c32)cc1. The first-order valence-corrected chi connectivity index (χ1v) is 10.3. The van der Waals surface area contributed by atoms with Crippen LogP contribution >= 0.6 is 0 Å². The van der Waals surface area contributed by atoms with Crippen molar-refractivity contribution >= 4 is 36.0 Å². The molecule has 33 heavy (non-hydrogen) atoms. The van der Waals surface area contributed by atoms with Crippen LogP contribution in [0.2, 0.25) is 0 Å². The van der Waals surface area contributed by atoms with E-state index in [-0.39, 0.29) is 12.6 Å². The molecule has 1 aliphatic rings. The van der Waals surface area contributed by atoms with Gasteiger partial charge in [0.1, 0.15) is 12.5 Å². The molecule has 2 heterocycles. The predicted octanol–water partition coefficient (Wildman–Crippen LogP) is 3.62. The zero-order chi connectivity index (χ0) is 23.2. The molecule has 168 valence electrons. The van der Waals surface area contributed by atoms with E-state index in [1.807, 2.05) is 54.6 Å². The van der Waals surface area contributed by atoms with Crippen molar-refractivity contribution < 1.29 is 19.1 Å². The van der Waals surface area contributed by atoms with Gasteiger partial charge in [0.05, 0.1) is 30.7 Å². The molecule has 0 atom stereocenters. The third kappa shape index (κ3) is 4.86. The molecular formula is C25H24N4O4. The minimum absolute atomic E-state index is 0.0954. The monoisotopic (exact) mass is 444 g/mol. The molecule has 3 aromatic rings. The molecule has 2 aromatic carbocycles. The van der Waals surface area contributed by atoms with Gasteiger partial charge in [-0.2, -0.15) is 0 Å². The van der Waals surface area contributed by atoms with Crippen LogP contribution in [0.3, 0.4) is 0 Å². The summed E-state index contributed by atoms with van der Waals surface area (Å²) in [4.78, 5) is 30.5. The second-order valence-electron chi connectivity index (χ2n) is 7.39. The summed E-state index contributed by atoms with van der Waals surface area (Å²) in [5.41, 5.74) is 3.38. The van der Waals surface area contributed by atoms with Crippen molar-refractivity contribution in [3.8, 4) is 5.75 Å². The Morgan fingerprint density at radius 3 is 2.55 bits per heavy atom. The van der Waals surface area contributed by atoms with Crippen molar-refractivity contribution in [2.75, 3.05) is 19.5 Å². The first-order valence-electron chi connectivity index (χ1n) is 10.3. The molecule has 8 heteroatoms. The molecule has 0 saturated carbocycles. The van der Waals surface area contributed by atoms with Crippen molar-refractivity contribution in [3.63, 3.8) is 0 Å². The molecule has 0 saturated heterocycles. The number of ether oxygens (including phenoxy) is 2. The number of rotatable bonds is 8. The average Bonchev–Trinajstić information content (AvgIpc) is 3.13. The highest BCUT2D eigenvalue weighted by Gasteiger charge is 2.27. The normalized spacial score (nSPS) is 14.2. The molecule has 2 amide bonds. The summed E-state index contributed by atoms with van der Waals surface area (Å²) in [6.45, 7) is 0.466. The lowest BCUT2D eigenvalue weighted by molar-refractivity contribution is -0.121. The van der Waals surface area contributed by atoms with E-state index < -0.39 is 0 Å². The number of hydrogen-bond acceptors (Lipinski definition) is 5. The summed E-state index contributed by atoms with van der Waals surface area (Å²) < 4.78 is 12.8. The highest BCUT2D eigenvalue weighted by molar-refractivity contribution is 6.25. The van der Waals surface area contributed by atoms with Crippen LogP contribution < -0.4 is 10.1 Å². The van der Waals surface area contributed by atoms with E-state index >= 15 is 0 Å². The molecule has 0 fully saturated rings. The summed E-state index contributed by atoms with van der Waals surface area (Å²) in [5.74, 6) is 0.814. The zero-order valence-electron chi connectivity index (χ0n) is 18.4. The van der Waals surface area contributed by atoms with Gasteiger partial charge in [-0.15, -0.1) is 0 Å². The number of methoxy groups -OCH3 is 1. The van der Waals surface area contributed by atoms with Gasteiger partial charge in [-0.05, 0) is 35.4 Å². The number of carbonyl (C=O) groups excluding carboxylic acids is 2. The lowest BCUT2D eigenvalue weighted by atomic mass is 10.1. The molecule has 8 nitrogen and oxygen atoms in total. The summed E-state index contributed by atoms with van der Waals surface area (Å²) in [5, 5.41) is 2.62. The summed E-state index contributed by atoms with van der Waals surface area (Å²) >= 11 is 0. The fourth-order valence-electron chi connectivity index (χ4n) is 3.53. The number of aromatic nitrogens is 2. The highest BCUT2D eigenvalue weighted by atomic mass is 16.5. The van der Waals surface area contributed by atoms with Crippen molar-refractivity contribution in [2.45, 2.75) is 13.3 Å². The molecule has 0 spiro atoms. The highest BCUT2D eigenvalue weighted by Crippen LogP contribution is 2.31. The van der Waals surface area contributed by atoms with E-state index in [9.17, 15) is 9.59 Å². The minimum atomic E-state index is -0.206. The Balaban J connectivity index is 1.75. The van der Waals surface area contributed by atoms with Gasteiger partial charge in [-0.25, -0.2) is 4.98 Å². The van der Waals surface area contributed by atoms with Gasteiger partial charge in [-0.1, -0.05) is 42.5 Å². The second-order valence-corrected chi connectivity index (χ2v) is 7.39. The third-order valence-electron chi connectivity index (χ3n) is 5.20. The Morgan fingerprint density at radius 1 is 1.09 bits per heavy atom. The number of likely N-dealkylation sites (N-methyl/N-ethyl adjacent to an activating group) is 1. The molecule has 0 aliphatic carbocycles. The van der Waals surface area contributed by atoms with Gasteiger partial charge < -0.3 is 14.4 Å². The number of benzene rings is 2. The molecule has 0 bridgehead atoms. The number of carbonyl (C=O) groups is 2. The fourth-order valence-corrected chi connectivity index (χ4v) is 3.53. The van der Waals surface area contributed by atoms with Crippen molar-refractivity contribution in [3.05, 3.63) is 83.3 Å². The fraction of sp³-hybridized carbons (Fsp3) is 0.160. The Morgan fingerprint density at radius 2 is 1.85 bits per heavy atom. The van der Waals surface area contributed by atoms with Crippen molar-refractivity contribution in [1.82, 2.24) is 14.5 Å². The van der Waals surface area contributed by atoms with Crippen molar-refractivity contribution in [1.29, 1.82) is 0 Å². The van der Waals surface area contributed by atoms with Crippen LogP contribution in [0, 0.1) is 0 Å². The van der Waals surface area contributed by atoms with E-state index in [1.54, 1.807) is 37.1 Å². The maximum Gasteiger partial charge on any atom is 0.259 e. The van der Waals surface area contributed by atoms with Crippen molar-refractivity contribution in [2.24, 2.45) is 0 Å². The van der Waals surface area contributed by atoms with Gasteiger partial charge in [0.25, 0.3) is 5.91 Å². The minimum Gasteiger partial charge on any atom is -0.497 e. The second kappa shape index (κ2) is 9.97. The van der Waals surface area contributed by atoms with Crippen LogP contribution in [-0.4, -0.2) is 40.9 Å². The van der Waals surface area contributed by atoms with E-state index in [1.165, 1.54) is 4.90 Å². The van der Waals surface area contributed by atoms with Gasteiger partial charge in [0.15, 0.2) is 0 Å². The van der Waals surface area contributed by atoms with E-state index in [0.29, 0.717) is 35.9 Å². The van der Waals surface area contributed by atoms with Crippen LogP contribution in [0.4, 0.5) is 5.95 Å². The largest absolute Gasteiger partial charge is 0.497 e. The quantitative estimate of drug-likeness (QED) is 0.424. The van der Waals surface area contributed by atoms with E-state index in [0.717, 1.165) is 16.9 Å². The molecule has 1 aromatic heterocycles. The van der Waals surface area contributed by atoms with Crippen LogP contribution in [-0.2, 0) is 27.7 Å².